The summed E-state index contributed by atoms with van der Waals surface area (Å²) in [6.45, 7) is 4.36. The average molecular weight is 466 g/mol. The highest BCUT2D eigenvalue weighted by atomic mass is 32.2. The summed E-state index contributed by atoms with van der Waals surface area (Å²) in [6, 6.07) is 6.78. The molecule has 1 aromatic rings. The Hall–Kier alpha value is -2.01. The molecule has 10 heteroatoms. The van der Waals surface area contributed by atoms with Crippen LogP contribution in [0.5, 0.6) is 0 Å². The van der Waals surface area contributed by atoms with Gasteiger partial charge in [-0.1, -0.05) is 12.1 Å². The van der Waals surface area contributed by atoms with Crippen LogP contribution < -0.4 is 0 Å². The highest BCUT2D eigenvalue weighted by molar-refractivity contribution is 7.89. The number of rotatable bonds is 6. The molecule has 1 aromatic carbocycles. The summed E-state index contributed by atoms with van der Waals surface area (Å²) in [6.07, 6.45) is 2.30. The van der Waals surface area contributed by atoms with E-state index in [9.17, 15) is 18.0 Å². The predicted molar refractivity (Wildman–Crippen MR) is 116 cm³/mol. The molecule has 0 aliphatic carbocycles. The molecule has 1 unspecified atom stereocenters. The first-order valence-corrected chi connectivity index (χ1v) is 12.7. The molecule has 0 radical (unpaired) electrons. The molecule has 3 saturated heterocycles. The number of piperazine rings is 1. The number of benzene rings is 1. The van der Waals surface area contributed by atoms with E-state index in [2.05, 4.69) is 0 Å². The zero-order chi connectivity index (χ0) is 22.6. The van der Waals surface area contributed by atoms with Gasteiger partial charge in [0.25, 0.3) is 5.91 Å². The SMILES string of the molecule is O=C(CCc1ccc(S(=O)(=O)N2CCOCC2)cc1)N1CCN(C(=O)C2CCCO2)CC1. The molecule has 0 aromatic heterocycles. The van der Waals surface area contributed by atoms with Crippen LogP contribution in [0, 0.1) is 0 Å². The minimum atomic E-state index is -3.51. The first-order valence-electron chi connectivity index (χ1n) is 11.3. The molecule has 0 bridgehead atoms. The van der Waals surface area contributed by atoms with E-state index in [-0.39, 0.29) is 22.8 Å². The van der Waals surface area contributed by atoms with Crippen molar-refractivity contribution in [3.05, 3.63) is 29.8 Å². The molecule has 4 rings (SSSR count). The van der Waals surface area contributed by atoms with Crippen LogP contribution in [0.4, 0.5) is 0 Å². The maximum Gasteiger partial charge on any atom is 0.251 e. The third-order valence-electron chi connectivity index (χ3n) is 6.31. The lowest BCUT2D eigenvalue weighted by molar-refractivity contribution is -0.146. The minimum Gasteiger partial charge on any atom is -0.379 e. The van der Waals surface area contributed by atoms with Crippen LogP contribution in [0.15, 0.2) is 29.2 Å². The number of aryl methyl sites for hydroxylation is 1. The Bertz CT molecular complexity index is 900. The lowest BCUT2D eigenvalue weighted by atomic mass is 10.1. The fraction of sp³-hybridized carbons (Fsp3) is 0.636. The molecule has 176 valence electrons. The van der Waals surface area contributed by atoms with Gasteiger partial charge in [0.05, 0.1) is 18.1 Å². The molecule has 3 heterocycles. The van der Waals surface area contributed by atoms with Gasteiger partial charge >= 0.3 is 0 Å². The zero-order valence-electron chi connectivity index (χ0n) is 18.3. The number of morpholine rings is 1. The summed E-state index contributed by atoms with van der Waals surface area (Å²) in [4.78, 5) is 28.9. The number of carbonyl (C=O) groups excluding carboxylic acids is 2. The molecular weight excluding hydrogens is 434 g/mol. The van der Waals surface area contributed by atoms with Crippen molar-refractivity contribution in [3.63, 3.8) is 0 Å². The largest absolute Gasteiger partial charge is 0.379 e. The summed E-state index contributed by atoms with van der Waals surface area (Å²) < 4.78 is 37.6. The van der Waals surface area contributed by atoms with Crippen molar-refractivity contribution in [1.82, 2.24) is 14.1 Å². The van der Waals surface area contributed by atoms with E-state index in [1.807, 2.05) is 0 Å². The molecular formula is C22H31N3O6S. The van der Waals surface area contributed by atoms with Gasteiger partial charge in [-0.2, -0.15) is 4.31 Å². The van der Waals surface area contributed by atoms with Crippen molar-refractivity contribution in [3.8, 4) is 0 Å². The first-order chi connectivity index (χ1) is 15.4. The van der Waals surface area contributed by atoms with Gasteiger partial charge in [0.2, 0.25) is 15.9 Å². The summed E-state index contributed by atoms with van der Waals surface area (Å²) in [5.41, 5.74) is 0.923. The van der Waals surface area contributed by atoms with Gasteiger partial charge < -0.3 is 19.3 Å². The Morgan fingerprint density at radius 2 is 1.56 bits per heavy atom. The van der Waals surface area contributed by atoms with Gasteiger partial charge in [0.15, 0.2) is 0 Å². The third kappa shape index (κ3) is 5.31. The van der Waals surface area contributed by atoms with Crippen molar-refractivity contribution in [1.29, 1.82) is 0 Å². The van der Waals surface area contributed by atoms with Gasteiger partial charge in [-0.15, -0.1) is 0 Å². The van der Waals surface area contributed by atoms with Gasteiger partial charge in [0, 0.05) is 52.3 Å². The molecule has 32 heavy (non-hydrogen) atoms. The zero-order valence-corrected chi connectivity index (χ0v) is 19.1. The lowest BCUT2D eigenvalue weighted by Crippen LogP contribution is -2.52. The number of sulfonamides is 1. The number of hydrogen-bond donors (Lipinski definition) is 0. The average Bonchev–Trinajstić information content (AvgIpc) is 3.38. The van der Waals surface area contributed by atoms with Crippen molar-refractivity contribution in [2.45, 2.75) is 36.7 Å². The number of ether oxygens (including phenoxy) is 2. The Morgan fingerprint density at radius 1 is 0.906 bits per heavy atom. The van der Waals surface area contributed by atoms with E-state index in [0.29, 0.717) is 71.9 Å². The fourth-order valence-corrected chi connectivity index (χ4v) is 5.73. The highest BCUT2D eigenvalue weighted by Gasteiger charge is 2.31. The van der Waals surface area contributed by atoms with Gasteiger partial charge in [-0.25, -0.2) is 8.42 Å². The number of amides is 2. The molecule has 0 spiro atoms. The topological polar surface area (TPSA) is 96.5 Å². The van der Waals surface area contributed by atoms with E-state index >= 15 is 0 Å². The lowest BCUT2D eigenvalue weighted by Gasteiger charge is -2.35. The van der Waals surface area contributed by atoms with Crippen LogP contribution in [-0.2, 0) is 35.5 Å². The highest BCUT2D eigenvalue weighted by Crippen LogP contribution is 2.19. The van der Waals surface area contributed by atoms with Crippen LogP contribution in [0.1, 0.15) is 24.8 Å². The first kappa shape index (κ1) is 23.2. The van der Waals surface area contributed by atoms with Crippen LogP contribution in [0.25, 0.3) is 0 Å². The number of hydrogen-bond acceptors (Lipinski definition) is 6. The molecule has 3 aliphatic heterocycles. The molecule has 3 aliphatic rings. The van der Waals surface area contributed by atoms with Crippen LogP contribution in [-0.4, -0.2) is 99.5 Å². The second kappa shape index (κ2) is 10.3. The Morgan fingerprint density at radius 3 is 2.19 bits per heavy atom. The number of carbonyl (C=O) groups is 2. The maximum absolute atomic E-state index is 12.7. The van der Waals surface area contributed by atoms with Crippen LogP contribution >= 0.6 is 0 Å². The standard InChI is InChI=1S/C22H31N3O6S/c26-21(23-9-11-24(12-10-23)22(27)20-2-1-15-31-20)8-5-18-3-6-19(7-4-18)32(28,29)25-13-16-30-17-14-25/h3-4,6-7,20H,1-2,5,8-17H2. The Balaban J connectivity index is 1.24. The Kier molecular flexibility index (Phi) is 7.44. The molecule has 0 saturated carbocycles. The van der Waals surface area contributed by atoms with Crippen molar-refractivity contribution < 1.29 is 27.5 Å². The molecule has 1 atom stereocenters. The summed E-state index contributed by atoms with van der Waals surface area (Å²) in [5.74, 6) is 0.0981. The smallest absolute Gasteiger partial charge is 0.251 e. The maximum atomic E-state index is 12.7. The minimum absolute atomic E-state index is 0.0433. The number of nitrogens with zero attached hydrogens (tertiary/aromatic N) is 3. The van der Waals surface area contributed by atoms with Crippen molar-refractivity contribution in [2.24, 2.45) is 0 Å². The van der Waals surface area contributed by atoms with Crippen LogP contribution in [0.2, 0.25) is 0 Å². The van der Waals surface area contributed by atoms with Crippen LogP contribution in [0.3, 0.4) is 0 Å². The van der Waals surface area contributed by atoms with E-state index in [1.54, 1.807) is 34.1 Å². The van der Waals surface area contributed by atoms with Gasteiger partial charge in [-0.3, -0.25) is 9.59 Å². The second-order valence-electron chi connectivity index (χ2n) is 8.37. The van der Waals surface area contributed by atoms with Gasteiger partial charge in [-0.05, 0) is 37.0 Å². The monoisotopic (exact) mass is 465 g/mol. The van der Waals surface area contributed by atoms with E-state index in [4.69, 9.17) is 9.47 Å². The summed E-state index contributed by atoms with van der Waals surface area (Å²) >= 11 is 0. The van der Waals surface area contributed by atoms with Crippen molar-refractivity contribution in [2.75, 3.05) is 59.1 Å². The Labute approximate surface area is 189 Å². The predicted octanol–water partition coefficient (Wildman–Crippen LogP) is 0.490. The molecule has 2 amide bonds. The van der Waals surface area contributed by atoms with E-state index in [1.165, 1.54) is 4.31 Å². The fourth-order valence-electron chi connectivity index (χ4n) is 4.33. The van der Waals surface area contributed by atoms with E-state index in [0.717, 1.165) is 18.4 Å². The normalized spacial score (nSPS) is 22.8. The van der Waals surface area contributed by atoms with Gasteiger partial charge in [0.1, 0.15) is 6.10 Å². The van der Waals surface area contributed by atoms with E-state index < -0.39 is 10.0 Å². The van der Waals surface area contributed by atoms with Crippen molar-refractivity contribution >= 4 is 21.8 Å². The summed E-state index contributed by atoms with van der Waals surface area (Å²) in [5, 5.41) is 0. The molecule has 3 fully saturated rings. The third-order valence-corrected chi connectivity index (χ3v) is 8.22. The summed E-state index contributed by atoms with van der Waals surface area (Å²) in [7, 11) is -3.51. The molecule has 0 N–H and O–H groups in total. The quantitative estimate of drug-likeness (QED) is 0.607. The molecule has 9 nitrogen and oxygen atoms in total. The second-order valence-corrected chi connectivity index (χ2v) is 10.3.